The number of hydrogen-bond acceptors (Lipinski definition) is 7. The number of benzene rings is 1. The van der Waals surface area contributed by atoms with E-state index in [0.717, 1.165) is 11.3 Å². The number of pyridine rings is 1. The summed E-state index contributed by atoms with van der Waals surface area (Å²) in [5.74, 6) is 0.179. The Morgan fingerprint density at radius 1 is 1.32 bits per heavy atom. The van der Waals surface area contributed by atoms with E-state index >= 15 is 0 Å². The lowest BCUT2D eigenvalue weighted by atomic mass is 10.1. The molecule has 9 heteroatoms. The molecule has 0 fully saturated rings. The number of aromatic nitrogens is 2. The van der Waals surface area contributed by atoms with Crippen LogP contribution in [0, 0.1) is 5.41 Å². The lowest BCUT2D eigenvalue weighted by Crippen LogP contribution is -2.31. The van der Waals surface area contributed by atoms with E-state index in [1.807, 2.05) is 42.6 Å². The number of nitrogens with zero attached hydrogens (tertiary/aromatic N) is 2. The number of nitrogens with one attached hydrogen (secondary N) is 3. The molecule has 0 spiro atoms. The normalized spacial score (nSPS) is 11.5. The summed E-state index contributed by atoms with van der Waals surface area (Å²) in [4.78, 5) is 20.4. The number of carbonyl (C=O) groups is 1. The highest BCUT2D eigenvalue weighted by molar-refractivity contribution is 7.07. The van der Waals surface area contributed by atoms with Gasteiger partial charge in [-0.3, -0.25) is 10.7 Å². The Balaban J connectivity index is 1.57. The second-order valence-corrected chi connectivity index (χ2v) is 6.70. The summed E-state index contributed by atoms with van der Waals surface area (Å²) in [7, 11) is 0. The molecule has 3 aromatic rings. The highest BCUT2D eigenvalue weighted by Gasteiger charge is 2.13. The van der Waals surface area contributed by atoms with Crippen molar-refractivity contribution < 1.29 is 9.53 Å². The number of nitrogens with two attached hydrogens (primary N) is 1. The zero-order chi connectivity index (χ0) is 19.9. The fourth-order valence-electron chi connectivity index (χ4n) is 2.44. The number of rotatable bonds is 6. The SMILES string of the molecule is C[C@@H](NC(=O)Nc1cc(N)c(C(=N)OCc2cscn2)cn1)c1ccccc1. The Morgan fingerprint density at radius 2 is 2.11 bits per heavy atom. The fourth-order valence-corrected chi connectivity index (χ4v) is 2.98. The first kappa shape index (κ1) is 19.3. The maximum absolute atomic E-state index is 12.2. The van der Waals surface area contributed by atoms with Crippen LogP contribution in [0.2, 0.25) is 0 Å². The molecule has 0 aliphatic carbocycles. The van der Waals surface area contributed by atoms with Crippen LogP contribution >= 0.6 is 11.3 Å². The van der Waals surface area contributed by atoms with Crippen LogP contribution in [0.25, 0.3) is 0 Å². The van der Waals surface area contributed by atoms with E-state index in [9.17, 15) is 4.79 Å². The van der Waals surface area contributed by atoms with Gasteiger partial charge in [-0.25, -0.2) is 14.8 Å². The Kier molecular flexibility index (Phi) is 6.18. The van der Waals surface area contributed by atoms with E-state index in [0.29, 0.717) is 5.56 Å². The minimum absolute atomic E-state index is 0.105. The molecule has 2 aromatic heterocycles. The van der Waals surface area contributed by atoms with Gasteiger partial charge in [0.2, 0.25) is 5.90 Å². The first-order valence-corrected chi connectivity index (χ1v) is 9.44. The third-order valence-electron chi connectivity index (χ3n) is 3.92. The number of amides is 2. The van der Waals surface area contributed by atoms with Crippen molar-refractivity contribution in [3.63, 3.8) is 0 Å². The quantitative estimate of drug-likeness (QED) is 0.374. The predicted octanol–water partition coefficient (Wildman–Crippen LogP) is 3.55. The number of carbonyl (C=O) groups excluding carboxylic acids is 1. The van der Waals surface area contributed by atoms with Crippen LogP contribution in [-0.2, 0) is 11.3 Å². The van der Waals surface area contributed by atoms with Gasteiger partial charge in [0.15, 0.2) is 0 Å². The van der Waals surface area contributed by atoms with Gasteiger partial charge in [0.1, 0.15) is 12.4 Å². The molecule has 0 aliphatic heterocycles. The van der Waals surface area contributed by atoms with E-state index in [2.05, 4.69) is 20.6 Å². The van der Waals surface area contributed by atoms with Crippen molar-refractivity contribution in [3.8, 4) is 0 Å². The first-order valence-electron chi connectivity index (χ1n) is 8.49. The number of ether oxygens (including phenoxy) is 1. The minimum Gasteiger partial charge on any atom is -0.471 e. The summed E-state index contributed by atoms with van der Waals surface area (Å²) in [6.45, 7) is 2.07. The van der Waals surface area contributed by atoms with Crippen molar-refractivity contribution in [3.05, 3.63) is 70.3 Å². The molecular weight excluding hydrogens is 376 g/mol. The Labute approximate surface area is 166 Å². The van der Waals surface area contributed by atoms with Gasteiger partial charge in [0, 0.05) is 23.3 Å². The van der Waals surface area contributed by atoms with E-state index in [4.69, 9.17) is 15.9 Å². The van der Waals surface area contributed by atoms with Crippen molar-refractivity contribution in [1.29, 1.82) is 5.41 Å². The standard InChI is InChI=1S/C19H20N6O2S/c1-12(13-5-3-2-4-6-13)24-19(26)25-17-7-16(20)15(8-22-17)18(21)27-9-14-10-28-11-23-14/h2-8,10-12,21H,9H2,1H3,(H4,20,22,24,25,26)/t12-/m1/s1. The molecule has 0 saturated heterocycles. The molecule has 0 saturated carbocycles. The molecule has 2 heterocycles. The molecule has 0 radical (unpaired) electrons. The van der Waals surface area contributed by atoms with Crippen LogP contribution in [0.15, 0.2) is 53.5 Å². The van der Waals surface area contributed by atoms with E-state index < -0.39 is 6.03 Å². The minimum atomic E-state index is -0.397. The summed E-state index contributed by atoms with van der Waals surface area (Å²) in [6.07, 6.45) is 1.40. The van der Waals surface area contributed by atoms with Crippen LogP contribution in [0.1, 0.15) is 29.8 Å². The molecule has 5 N–H and O–H groups in total. The molecule has 0 unspecified atom stereocenters. The maximum atomic E-state index is 12.2. The highest BCUT2D eigenvalue weighted by atomic mass is 32.1. The zero-order valence-corrected chi connectivity index (χ0v) is 16.0. The van der Waals surface area contributed by atoms with Gasteiger partial charge in [-0.2, -0.15) is 0 Å². The number of thiazole rings is 1. The van der Waals surface area contributed by atoms with Crippen molar-refractivity contribution >= 4 is 34.8 Å². The first-order chi connectivity index (χ1) is 13.5. The summed E-state index contributed by atoms with van der Waals surface area (Å²) >= 11 is 1.46. The molecule has 2 amide bonds. The van der Waals surface area contributed by atoms with Crippen molar-refractivity contribution in [2.45, 2.75) is 19.6 Å². The van der Waals surface area contributed by atoms with Gasteiger partial charge < -0.3 is 15.8 Å². The Morgan fingerprint density at radius 3 is 2.79 bits per heavy atom. The van der Waals surface area contributed by atoms with E-state index in [-0.39, 0.29) is 30.1 Å². The largest absolute Gasteiger partial charge is 0.471 e. The predicted molar refractivity (Wildman–Crippen MR) is 109 cm³/mol. The highest BCUT2D eigenvalue weighted by Crippen LogP contribution is 2.17. The van der Waals surface area contributed by atoms with Crippen LogP contribution in [-0.4, -0.2) is 21.9 Å². The smallest absolute Gasteiger partial charge is 0.320 e. The lowest BCUT2D eigenvalue weighted by Gasteiger charge is -2.15. The van der Waals surface area contributed by atoms with Crippen LogP contribution < -0.4 is 16.4 Å². The Bertz CT molecular complexity index is 946. The summed E-state index contributed by atoms with van der Waals surface area (Å²) in [5.41, 5.74) is 10.0. The zero-order valence-electron chi connectivity index (χ0n) is 15.2. The third kappa shape index (κ3) is 5.04. The monoisotopic (exact) mass is 396 g/mol. The van der Waals surface area contributed by atoms with Crippen molar-refractivity contribution in [2.75, 3.05) is 11.1 Å². The van der Waals surface area contributed by atoms with Gasteiger partial charge in [-0.1, -0.05) is 30.3 Å². The third-order valence-corrected chi connectivity index (χ3v) is 4.55. The topological polar surface area (TPSA) is 126 Å². The van der Waals surface area contributed by atoms with Crippen molar-refractivity contribution in [2.24, 2.45) is 0 Å². The maximum Gasteiger partial charge on any atom is 0.320 e. The van der Waals surface area contributed by atoms with Gasteiger partial charge >= 0.3 is 6.03 Å². The molecular formula is C19H20N6O2S. The fraction of sp³-hybridized carbons (Fsp3) is 0.158. The second-order valence-electron chi connectivity index (χ2n) is 5.99. The summed E-state index contributed by atoms with van der Waals surface area (Å²) < 4.78 is 5.38. The van der Waals surface area contributed by atoms with Crippen molar-refractivity contribution in [1.82, 2.24) is 15.3 Å². The van der Waals surface area contributed by atoms with E-state index in [1.165, 1.54) is 23.6 Å². The van der Waals surface area contributed by atoms with Gasteiger partial charge in [-0.05, 0) is 12.5 Å². The molecule has 8 nitrogen and oxygen atoms in total. The molecule has 144 valence electrons. The Hall–Kier alpha value is -3.46. The van der Waals surface area contributed by atoms with E-state index in [1.54, 1.807) is 5.51 Å². The molecule has 3 rings (SSSR count). The van der Waals surface area contributed by atoms with Gasteiger partial charge in [0.05, 0.1) is 22.8 Å². The average Bonchev–Trinajstić information content (AvgIpc) is 3.20. The molecule has 28 heavy (non-hydrogen) atoms. The number of anilines is 2. The van der Waals surface area contributed by atoms with Gasteiger partial charge in [0.25, 0.3) is 0 Å². The lowest BCUT2D eigenvalue weighted by molar-refractivity contribution is 0.249. The molecule has 1 aromatic carbocycles. The average molecular weight is 396 g/mol. The number of nitrogen functional groups attached to an aromatic ring is 1. The molecule has 0 bridgehead atoms. The van der Waals surface area contributed by atoms with Gasteiger partial charge in [-0.15, -0.1) is 11.3 Å². The number of hydrogen-bond donors (Lipinski definition) is 4. The van der Waals surface area contributed by atoms with Crippen LogP contribution in [0.4, 0.5) is 16.3 Å². The molecule has 1 atom stereocenters. The number of urea groups is 1. The summed E-state index contributed by atoms with van der Waals surface area (Å²) in [6, 6.07) is 10.6. The summed E-state index contributed by atoms with van der Waals surface area (Å²) in [5, 5.41) is 15.3. The molecule has 0 aliphatic rings. The van der Waals surface area contributed by atoms with Crippen LogP contribution in [0.5, 0.6) is 0 Å². The van der Waals surface area contributed by atoms with Crippen LogP contribution in [0.3, 0.4) is 0 Å². The second kappa shape index (κ2) is 8.96.